The fraction of sp³-hybridized carbons (Fsp3) is 0. The third-order valence-electron chi connectivity index (χ3n) is 5.63. The second-order valence-electron chi connectivity index (χ2n) is 8.15. The van der Waals surface area contributed by atoms with Gasteiger partial charge in [0.2, 0.25) is 0 Å². The molecule has 1 aliphatic heterocycles. The van der Waals surface area contributed by atoms with Gasteiger partial charge in [0.05, 0.1) is 10.7 Å². The summed E-state index contributed by atoms with van der Waals surface area (Å²) in [5, 5.41) is 3.20. The summed E-state index contributed by atoms with van der Waals surface area (Å²) < 4.78 is 13.4. The predicted octanol–water partition coefficient (Wildman–Crippen LogP) is 7.22. The number of carbonyl (C=O) groups is 2. The van der Waals surface area contributed by atoms with Gasteiger partial charge in [-0.1, -0.05) is 65.7 Å². The molecule has 5 nitrogen and oxygen atoms in total. The van der Waals surface area contributed by atoms with Gasteiger partial charge in [0.15, 0.2) is 0 Å². The molecule has 0 aliphatic carbocycles. The van der Waals surface area contributed by atoms with Crippen LogP contribution in [0, 0.1) is 5.82 Å². The van der Waals surface area contributed by atoms with E-state index in [1.807, 2.05) is 42.5 Å². The Labute approximate surface area is 222 Å². The number of halogens is 3. The third-order valence-corrected chi connectivity index (χ3v) is 6.17. The molecule has 0 atom stereocenters. The minimum atomic E-state index is -0.570. The van der Waals surface area contributed by atoms with Crippen molar-refractivity contribution in [1.29, 1.82) is 0 Å². The van der Waals surface area contributed by atoms with Gasteiger partial charge in [-0.15, -0.1) is 0 Å². The lowest BCUT2D eigenvalue weighted by molar-refractivity contribution is -0.113. The molecule has 4 aromatic carbocycles. The van der Waals surface area contributed by atoms with Gasteiger partial charge in [0.1, 0.15) is 17.3 Å². The molecule has 8 heteroatoms. The molecule has 0 spiro atoms. The van der Waals surface area contributed by atoms with E-state index < -0.39 is 11.7 Å². The topological polar surface area (TPSA) is 61.8 Å². The molecule has 37 heavy (non-hydrogen) atoms. The summed E-state index contributed by atoms with van der Waals surface area (Å²) in [5.74, 6) is -0.794. The van der Waals surface area contributed by atoms with E-state index in [9.17, 15) is 14.0 Å². The molecule has 0 fully saturated rings. The molecular formula is C29H18Cl2FN3O2. The zero-order valence-corrected chi connectivity index (χ0v) is 20.7. The van der Waals surface area contributed by atoms with E-state index in [4.69, 9.17) is 23.2 Å². The fourth-order valence-corrected chi connectivity index (χ4v) is 4.10. The number of anilines is 2. The van der Waals surface area contributed by atoms with Gasteiger partial charge in [-0.25, -0.2) is 9.38 Å². The van der Waals surface area contributed by atoms with E-state index in [0.29, 0.717) is 27.8 Å². The van der Waals surface area contributed by atoms with Crippen molar-refractivity contribution < 1.29 is 14.0 Å². The number of aliphatic imine (C=N–C) groups is 1. The largest absolute Gasteiger partial charge is 0.322 e. The minimum Gasteiger partial charge on any atom is -0.322 e. The lowest BCUT2D eigenvalue weighted by Gasteiger charge is -2.19. The molecule has 182 valence electrons. The van der Waals surface area contributed by atoms with Crippen molar-refractivity contribution in [2.75, 3.05) is 10.2 Å². The van der Waals surface area contributed by atoms with Gasteiger partial charge in [-0.3, -0.25) is 14.5 Å². The number of nitrogens with zero attached hydrogens (tertiary/aromatic N) is 2. The molecule has 2 amide bonds. The molecular weight excluding hydrogens is 512 g/mol. The van der Waals surface area contributed by atoms with Crippen LogP contribution in [-0.4, -0.2) is 17.6 Å². The summed E-state index contributed by atoms with van der Waals surface area (Å²) in [4.78, 5) is 32.3. The summed E-state index contributed by atoms with van der Waals surface area (Å²) in [7, 11) is 0. The Morgan fingerprint density at radius 1 is 0.892 bits per heavy atom. The number of carbonyl (C=O) groups excluding carboxylic acids is 2. The quantitative estimate of drug-likeness (QED) is 0.277. The van der Waals surface area contributed by atoms with Crippen LogP contribution in [-0.2, 0) is 4.79 Å². The third kappa shape index (κ3) is 5.31. The summed E-state index contributed by atoms with van der Waals surface area (Å²) in [5.41, 5.74) is 3.10. The number of benzene rings is 4. The number of nitrogens with one attached hydrogen (secondary N) is 1. The highest BCUT2D eigenvalue weighted by molar-refractivity contribution is 6.33. The van der Waals surface area contributed by atoms with Crippen LogP contribution in [0.5, 0.6) is 0 Å². The molecule has 0 bridgehead atoms. The van der Waals surface area contributed by atoms with Crippen molar-refractivity contribution >= 4 is 58.3 Å². The SMILES string of the molecule is O=C(Nc1ccc(F)c(Cl)c1)c1ccc(N2C(=O)C(=Cc3ccc(Cl)cc3)N=C2c2ccccc2)cc1. The molecule has 1 heterocycles. The standard InChI is InChI=1S/C29H18Cl2FN3O2/c30-21-10-6-18(7-11-21)16-26-29(37)35(27(34-26)19-4-2-1-3-5-19)23-13-8-20(9-14-23)28(36)33-22-12-15-25(32)24(31)17-22/h1-17H,(H,33,36). The highest BCUT2D eigenvalue weighted by atomic mass is 35.5. The summed E-state index contributed by atoms with van der Waals surface area (Å²) in [6.07, 6.45) is 1.71. The predicted molar refractivity (Wildman–Crippen MR) is 146 cm³/mol. The molecule has 0 aromatic heterocycles. The minimum absolute atomic E-state index is 0.0871. The van der Waals surface area contributed by atoms with Crippen LogP contribution in [0.15, 0.2) is 108 Å². The molecule has 0 saturated carbocycles. The van der Waals surface area contributed by atoms with E-state index in [2.05, 4.69) is 10.3 Å². The Hall–Kier alpha value is -4.26. The van der Waals surface area contributed by atoms with Crippen molar-refractivity contribution in [3.63, 3.8) is 0 Å². The van der Waals surface area contributed by atoms with Crippen LogP contribution < -0.4 is 10.2 Å². The van der Waals surface area contributed by atoms with Gasteiger partial charge >= 0.3 is 0 Å². The maximum Gasteiger partial charge on any atom is 0.282 e. The molecule has 0 saturated heterocycles. The number of rotatable bonds is 5. The maximum atomic E-state index is 13.5. The smallest absolute Gasteiger partial charge is 0.282 e. The summed E-state index contributed by atoms with van der Waals surface area (Å²) in [6, 6.07) is 27.0. The van der Waals surface area contributed by atoms with Crippen molar-refractivity contribution in [3.8, 4) is 0 Å². The lowest BCUT2D eigenvalue weighted by atomic mass is 10.1. The fourth-order valence-electron chi connectivity index (χ4n) is 3.79. The monoisotopic (exact) mass is 529 g/mol. The summed E-state index contributed by atoms with van der Waals surface area (Å²) in [6.45, 7) is 0. The van der Waals surface area contributed by atoms with Crippen LogP contribution in [0.2, 0.25) is 10.0 Å². The Morgan fingerprint density at radius 2 is 1.59 bits per heavy atom. The Balaban J connectivity index is 1.44. The molecule has 1 N–H and O–H groups in total. The number of amidine groups is 1. The van der Waals surface area contributed by atoms with Crippen molar-refractivity contribution in [2.45, 2.75) is 0 Å². The lowest BCUT2D eigenvalue weighted by Crippen LogP contribution is -2.32. The number of hydrogen-bond acceptors (Lipinski definition) is 3. The average Bonchev–Trinajstić information content (AvgIpc) is 3.23. The van der Waals surface area contributed by atoms with Gasteiger partial charge in [0, 0.05) is 21.8 Å². The van der Waals surface area contributed by atoms with E-state index >= 15 is 0 Å². The van der Waals surface area contributed by atoms with E-state index in [0.717, 1.165) is 11.1 Å². The Bertz CT molecular complexity index is 1550. The zero-order valence-electron chi connectivity index (χ0n) is 19.2. The van der Waals surface area contributed by atoms with E-state index in [-0.39, 0.29) is 16.6 Å². The first-order chi connectivity index (χ1) is 17.9. The summed E-state index contributed by atoms with van der Waals surface area (Å²) >= 11 is 11.8. The highest BCUT2D eigenvalue weighted by Gasteiger charge is 2.32. The Morgan fingerprint density at radius 3 is 2.27 bits per heavy atom. The van der Waals surface area contributed by atoms with Crippen LogP contribution >= 0.6 is 23.2 Å². The van der Waals surface area contributed by atoms with E-state index in [1.165, 1.54) is 23.1 Å². The Kier molecular flexibility index (Phi) is 6.86. The first-order valence-electron chi connectivity index (χ1n) is 11.2. The normalized spacial score (nSPS) is 14.1. The molecule has 0 radical (unpaired) electrons. The van der Waals surface area contributed by atoms with Crippen LogP contribution in [0.1, 0.15) is 21.5 Å². The number of amides is 2. The molecule has 4 aromatic rings. The van der Waals surface area contributed by atoms with Crippen molar-refractivity contribution in [3.05, 3.63) is 135 Å². The first kappa shape index (κ1) is 24.4. The van der Waals surface area contributed by atoms with Crippen molar-refractivity contribution in [2.24, 2.45) is 4.99 Å². The van der Waals surface area contributed by atoms with Crippen LogP contribution in [0.4, 0.5) is 15.8 Å². The zero-order chi connectivity index (χ0) is 25.9. The van der Waals surface area contributed by atoms with Gasteiger partial charge in [-0.05, 0) is 66.2 Å². The molecule has 5 rings (SSSR count). The number of hydrogen-bond donors (Lipinski definition) is 1. The van der Waals surface area contributed by atoms with Gasteiger partial charge in [0.25, 0.3) is 11.8 Å². The van der Waals surface area contributed by atoms with Crippen LogP contribution in [0.3, 0.4) is 0 Å². The first-order valence-corrected chi connectivity index (χ1v) is 12.0. The van der Waals surface area contributed by atoms with Crippen LogP contribution in [0.25, 0.3) is 6.08 Å². The second-order valence-corrected chi connectivity index (χ2v) is 9.00. The highest BCUT2D eigenvalue weighted by Crippen LogP contribution is 2.29. The maximum absolute atomic E-state index is 13.5. The van der Waals surface area contributed by atoms with Gasteiger partial charge in [-0.2, -0.15) is 0 Å². The molecule has 0 unspecified atom stereocenters. The van der Waals surface area contributed by atoms with Gasteiger partial charge < -0.3 is 5.32 Å². The average molecular weight is 530 g/mol. The van der Waals surface area contributed by atoms with Crippen molar-refractivity contribution in [1.82, 2.24) is 0 Å². The second kappa shape index (κ2) is 10.4. The van der Waals surface area contributed by atoms with E-state index in [1.54, 1.807) is 42.5 Å². The molecule has 1 aliphatic rings.